The maximum absolute atomic E-state index is 11.2. The minimum absolute atomic E-state index is 0.0383. The molecule has 18 heavy (non-hydrogen) atoms. The van der Waals surface area contributed by atoms with Gasteiger partial charge in [-0.05, 0) is 42.6 Å². The first kappa shape index (κ1) is 12.8. The lowest BCUT2D eigenvalue weighted by atomic mass is 10.3. The molecule has 0 spiro atoms. The van der Waals surface area contributed by atoms with Crippen molar-refractivity contribution in [3.8, 4) is 0 Å². The average molecular weight is 283 g/mol. The van der Waals surface area contributed by atoms with Crippen LogP contribution in [0, 0.1) is 0 Å². The second kappa shape index (κ2) is 4.95. The predicted molar refractivity (Wildman–Crippen MR) is 76.9 cm³/mol. The van der Waals surface area contributed by atoms with Crippen LogP contribution in [-0.2, 0) is 9.84 Å². The van der Waals surface area contributed by atoms with Gasteiger partial charge in [-0.3, -0.25) is 0 Å². The summed E-state index contributed by atoms with van der Waals surface area (Å²) in [6, 6.07) is 6.83. The number of nitrogens with one attached hydrogen (secondary N) is 2. The molecule has 1 heterocycles. The van der Waals surface area contributed by atoms with Gasteiger partial charge in [0.15, 0.2) is 14.9 Å². The molecule has 2 rings (SSSR count). The Morgan fingerprint density at radius 3 is 2.56 bits per heavy atom. The van der Waals surface area contributed by atoms with Gasteiger partial charge in [0.1, 0.15) is 0 Å². The second-order valence-corrected chi connectivity index (χ2v) is 6.32. The molecule has 1 aliphatic heterocycles. The van der Waals surface area contributed by atoms with Crippen molar-refractivity contribution in [2.75, 3.05) is 16.8 Å². The fourth-order valence-corrected chi connectivity index (χ4v) is 3.07. The van der Waals surface area contributed by atoms with E-state index in [1.165, 1.54) is 5.41 Å². The molecule has 5 nitrogen and oxygen atoms in total. The molecule has 1 aromatic carbocycles. The van der Waals surface area contributed by atoms with Crippen molar-refractivity contribution in [3.05, 3.63) is 35.7 Å². The van der Waals surface area contributed by atoms with E-state index in [0.29, 0.717) is 10.8 Å². The molecule has 7 heteroatoms. The van der Waals surface area contributed by atoms with E-state index in [2.05, 4.69) is 10.6 Å². The number of hydrogen-bond donors (Lipinski definition) is 3. The third-order valence-corrected chi connectivity index (χ3v) is 4.03. The number of anilines is 2. The highest BCUT2D eigenvalue weighted by Gasteiger charge is 2.21. The first-order valence-corrected chi connectivity index (χ1v) is 7.41. The summed E-state index contributed by atoms with van der Waals surface area (Å²) in [5, 5.41) is 7.47. The SMILES string of the molecule is Nc1ccc(NC(=S)NC2C=CS(=O)(=O)C2)cc1. The van der Waals surface area contributed by atoms with E-state index in [1.807, 2.05) is 0 Å². The Morgan fingerprint density at radius 2 is 2.00 bits per heavy atom. The second-order valence-electron chi connectivity index (χ2n) is 3.99. The zero-order valence-corrected chi connectivity index (χ0v) is 11.1. The number of nitrogen functional groups attached to an aromatic ring is 1. The summed E-state index contributed by atoms with van der Waals surface area (Å²) in [4.78, 5) is 0. The molecule has 0 saturated heterocycles. The van der Waals surface area contributed by atoms with Gasteiger partial charge >= 0.3 is 0 Å². The summed E-state index contributed by atoms with van der Waals surface area (Å²) in [5.74, 6) is 0.0383. The van der Waals surface area contributed by atoms with Gasteiger partial charge < -0.3 is 16.4 Å². The fraction of sp³-hybridized carbons (Fsp3) is 0.182. The van der Waals surface area contributed by atoms with Crippen LogP contribution < -0.4 is 16.4 Å². The molecular weight excluding hydrogens is 270 g/mol. The topological polar surface area (TPSA) is 84.2 Å². The summed E-state index contributed by atoms with van der Waals surface area (Å²) in [6.45, 7) is 0. The van der Waals surface area contributed by atoms with Gasteiger partial charge in [0.2, 0.25) is 0 Å². The molecule has 1 atom stereocenters. The maximum Gasteiger partial charge on any atom is 0.173 e. The van der Waals surface area contributed by atoms with Crippen LogP contribution in [0.4, 0.5) is 11.4 Å². The molecule has 0 aromatic heterocycles. The molecule has 1 aromatic rings. The smallest absolute Gasteiger partial charge is 0.173 e. The van der Waals surface area contributed by atoms with E-state index in [0.717, 1.165) is 5.69 Å². The first-order chi connectivity index (χ1) is 8.44. The molecule has 96 valence electrons. The summed E-state index contributed by atoms with van der Waals surface area (Å²) in [6.07, 6.45) is 1.59. The Hall–Kier alpha value is -1.60. The number of thiocarbonyl (C=S) groups is 1. The molecule has 0 aliphatic carbocycles. The predicted octanol–water partition coefficient (Wildman–Crippen LogP) is 0.866. The number of rotatable bonds is 2. The van der Waals surface area contributed by atoms with Crippen molar-refractivity contribution in [1.82, 2.24) is 5.32 Å². The van der Waals surface area contributed by atoms with E-state index in [1.54, 1.807) is 30.3 Å². The lowest BCUT2D eigenvalue weighted by molar-refractivity contribution is 0.603. The fourth-order valence-electron chi connectivity index (χ4n) is 1.57. The van der Waals surface area contributed by atoms with Crippen LogP contribution in [-0.4, -0.2) is 25.3 Å². The Labute approximate surface area is 111 Å². The molecule has 4 N–H and O–H groups in total. The Kier molecular flexibility index (Phi) is 3.53. The van der Waals surface area contributed by atoms with Gasteiger partial charge in [0.05, 0.1) is 11.8 Å². The molecule has 1 aliphatic rings. The third-order valence-electron chi connectivity index (χ3n) is 2.42. The van der Waals surface area contributed by atoms with Crippen molar-refractivity contribution >= 4 is 38.5 Å². The molecule has 0 amide bonds. The van der Waals surface area contributed by atoms with Crippen LogP contribution in [0.5, 0.6) is 0 Å². The van der Waals surface area contributed by atoms with Gasteiger partial charge in [-0.2, -0.15) is 0 Å². The highest BCUT2D eigenvalue weighted by Crippen LogP contribution is 2.11. The van der Waals surface area contributed by atoms with Gasteiger partial charge in [0.25, 0.3) is 0 Å². The van der Waals surface area contributed by atoms with E-state index in [4.69, 9.17) is 18.0 Å². The van der Waals surface area contributed by atoms with Gasteiger partial charge in [-0.1, -0.05) is 0 Å². The summed E-state index contributed by atoms with van der Waals surface area (Å²) in [7, 11) is -3.07. The summed E-state index contributed by atoms with van der Waals surface area (Å²) in [5.41, 5.74) is 7.04. The van der Waals surface area contributed by atoms with Gasteiger partial charge in [-0.15, -0.1) is 0 Å². The molecule has 1 unspecified atom stereocenters. The average Bonchev–Trinajstić information content (AvgIpc) is 2.61. The number of sulfone groups is 1. The Morgan fingerprint density at radius 1 is 1.33 bits per heavy atom. The van der Waals surface area contributed by atoms with Crippen molar-refractivity contribution in [2.24, 2.45) is 0 Å². The lowest BCUT2D eigenvalue weighted by Crippen LogP contribution is -2.38. The Bertz CT molecular complexity index is 579. The lowest BCUT2D eigenvalue weighted by Gasteiger charge is -2.14. The highest BCUT2D eigenvalue weighted by atomic mass is 32.2. The van der Waals surface area contributed by atoms with Gasteiger partial charge in [0, 0.05) is 16.8 Å². The van der Waals surface area contributed by atoms with Crippen molar-refractivity contribution in [1.29, 1.82) is 0 Å². The highest BCUT2D eigenvalue weighted by molar-refractivity contribution is 7.94. The molecule has 0 bridgehead atoms. The van der Waals surface area contributed by atoms with E-state index >= 15 is 0 Å². The van der Waals surface area contributed by atoms with E-state index in [-0.39, 0.29) is 11.8 Å². The maximum atomic E-state index is 11.2. The summed E-state index contributed by atoms with van der Waals surface area (Å²) < 4.78 is 22.4. The molecular formula is C11H13N3O2S2. The zero-order valence-electron chi connectivity index (χ0n) is 9.46. The zero-order chi connectivity index (χ0) is 13.2. The van der Waals surface area contributed by atoms with Crippen LogP contribution in [0.3, 0.4) is 0 Å². The van der Waals surface area contributed by atoms with Crippen LogP contribution in [0.2, 0.25) is 0 Å². The van der Waals surface area contributed by atoms with Crippen molar-refractivity contribution < 1.29 is 8.42 Å². The third kappa shape index (κ3) is 3.44. The number of nitrogens with two attached hydrogens (primary N) is 1. The minimum Gasteiger partial charge on any atom is -0.399 e. The minimum atomic E-state index is -3.07. The van der Waals surface area contributed by atoms with Crippen LogP contribution in [0.25, 0.3) is 0 Å². The quantitative estimate of drug-likeness (QED) is 0.551. The van der Waals surface area contributed by atoms with Crippen LogP contribution in [0.1, 0.15) is 0 Å². The summed E-state index contributed by atoms with van der Waals surface area (Å²) >= 11 is 5.10. The first-order valence-electron chi connectivity index (χ1n) is 5.29. The van der Waals surface area contributed by atoms with E-state index < -0.39 is 9.84 Å². The van der Waals surface area contributed by atoms with Crippen LogP contribution in [0.15, 0.2) is 35.7 Å². The Balaban J connectivity index is 1.90. The van der Waals surface area contributed by atoms with Gasteiger partial charge in [-0.25, -0.2) is 8.42 Å². The molecule has 0 fully saturated rings. The van der Waals surface area contributed by atoms with Crippen molar-refractivity contribution in [3.63, 3.8) is 0 Å². The monoisotopic (exact) mass is 283 g/mol. The molecule has 0 saturated carbocycles. The van der Waals surface area contributed by atoms with E-state index in [9.17, 15) is 8.42 Å². The number of benzene rings is 1. The number of hydrogen-bond acceptors (Lipinski definition) is 4. The van der Waals surface area contributed by atoms with Crippen LogP contribution >= 0.6 is 12.2 Å². The largest absolute Gasteiger partial charge is 0.399 e. The standard InChI is InChI=1S/C11H13N3O2S2/c12-8-1-3-9(4-2-8)13-11(17)14-10-5-6-18(15,16)7-10/h1-6,10H,7,12H2,(H2,13,14,17). The normalized spacial score (nSPS) is 20.6. The molecule has 0 radical (unpaired) electrons. The van der Waals surface area contributed by atoms with Crippen molar-refractivity contribution in [2.45, 2.75) is 6.04 Å².